The lowest BCUT2D eigenvalue weighted by molar-refractivity contribution is -0.121. The predicted octanol–water partition coefficient (Wildman–Crippen LogP) is -0.124. The molecule has 10 heteroatoms. The zero-order valence-corrected chi connectivity index (χ0v) is 15.3. The minimum Gasteiger partial charge on any atom is -0.444 e. The van der Waals surface area contributed by atoms with Crippen molar-refractivity contribution in [1.29, 1.82) is 0 Å². The lowest BCUT2D eigenvalue weighted by Gasteiger charge is -2.10. The van der Waals surface area contributed by atoms with Gasteiger partial charge >= 0.3 is 5.69 Å². The Hall–Kier alpha value is -2.62. The highest BCUT2D eigenvalue weighted by molar-refractivity contribution is 9.10. The number of halogens is 1. The van der Waals surface area contributed by atoms with Gasteiger partial charge in [0.05, 0.1) is 6.54 Å². The van der Waals surface area contributed by atoms with E-state index in [1.807, 2.05) is 0 Å². The molecule has 2 amide bonds. The Morgan fingerprint density at radius 3 is 2.52 bits per heavy atom. The van der Waals surface area contributed by atoms with Crippen LogP contribution in [0.4, 0.5) is 0 Å². The number of hydrogen-bond donors (Lipinski definition) is 2. The minimum absolute atomic E-state index is 0.0414. The highest BCUT2D eigenvalue weighted by atomic mass is 79.9. The molecule has 0 atom stereocenters. The molecule has 0 spiro atoms. The van der Waals surface area contributed by atoms with Gasteiger partial charge in [-0.1, -0.05) is 0 Å². The minimum atomic E-state index is -0.464. The molecule has 0 aromatic carbocycles. The molecule has 0 saturated carbocycles. The van der Waals surface area contributed by atoms with Gasteiger partial charge in [-0.15, -0.1) is 0 Å². The topological polar surface area (TPSA) is 115 Å². The van der Waals surface area contributed by atoms with Crippen molar-refractivity contribution in [2.45, 2.75) is 13.0 Å². The van der Waals surface area contributed by atoms with Crippen LogP contribution in [0.1, 0.15) is 22.7 Å². The van der Waals surface area contributed by atoms with E-state index in [4.69, 9.17) is 4.42 Å². The number of amides is 2. The molecule has 2 rings (SSSR count). The van der Waals surface area contributed by atoms with Crippen molar-refractivity contribution in [3.63, 3.8) is 0 Å². The van der Waals surface area contributed by atoms with E-state index in [9.17, 15) is 19.2 Å². The quantitative estimate of drug-likeness (QED) is 0.685. The van der Waals surface area contributed by atoms with Crippen molar-refractivity contribution in [3.8, 4) is 0 Å². The summed E-state index contributed by atoms with van der Waals surface area (Å²) in [5.41, 5.74) is -0.510. The molecular formula is C15H17BrN4O5. The van der Waals surface area contributed by atoms with E-state index in [0.29, 0.717) is 10.4 Å². The van der Waals surface area contributed by atoms with E-state index in [-0.39, 0.29) is 31.2 Å². The van der Waals surface area contributed by atoms with E-state index in [0.717, 1.165) is 4.57 Å². The van der Waals surface area contributed by atoms with Gasteiger partial charge in [0, 0.05) is 38.8 Å². The molecular weight excluding hydrogens is 396 g/mol. The number of carbonyl (C=O) groups excluding carboxylic acids is 2. The second-order valence-corrected chi connectivity index (χ2v) is 6.04. The number of nitrogens with zero attached hydrogens (tertiary/aromatic N) is 2. The van der Waals surface area contributed by atoms with Gasteiger partial charge in [0.25, 0.3) is 11.5 Å². The molecule has 2 heterocycles. The number of aromatic nitrogens is 2. The summed E-state index contributed by atoms with van der Waals surface area (Å²) < 4.78 is 7.80. The Kier molecular flexibility index (Phi) is 5.97. The molecule has 0 unspecified atom stereocenters. The number of nitrogens with one attached hydrogen (secondary N) is 2. The highest BCUT2D eigenvalue weighted by Gasteiger charge is 2.11. The summed E-state index contributed by atoms with van der Waals surface area (Å²) in [5, 5.41) is 5.16. The molecule has 0 aliphatic rings. The van der Waals surface area contributed by atoms with Gasteiger partial charge in [0.2, 0.25) is 5.91 Å². The van der Waals surface area contributed by atoms with Gasteiger partial charge in [-0.3, -0.25) is 23.5 Å². The van der Waals surface area contributed by atoms with E-state index in [1.165, 1.54) is 30.8 Å². The monoisotopic (exact) mass is 412 g/mol. The van der Waals surface area contributed by atoms with Crippen molar-refractivity contribution in [2.24, 2.45) is 14.1 Å². The summed E-state index contributed by atoms with van der Waals surface area (Å²) in [4.78, 5) is 47.0. The Morgan fingerprint density at radius 2 is 1.88 bits per heavy atom. The van der Waals surface area contributed by atoms with Crippen LogP contribution in [0.25, 0.3) is 0 Å². The zero-order chi connectivity index (χ0) is 18.6. The van der Waals surface area contributed by atoms with Crippen molar-refractivity contribution in [2.75, 3.05) is 6.54 Å². The third-order valence-electron chi connectivity index (χ3n) is 3.53. The molecule has 25 heavy (non-hydrogen) atoms. The standard InChI is InChI=1S/C15H17BrN4O5/c1-19-9(7-13(22)20(2)15(19)24)8-18-12(21)5-6-17-14(23)10-3-4-11(16)25-10/h3-4,7H,5-6,8H2,1-2H3,(H,17,23)(H,18,21). The highest BCUT2D eigenvalue weighted by Crippen LogP contribution is 2.13. The summed E-state index contributed by atoms with van der Waals surface area (Å²) in [6, 6.07) is 4.39. The molecule has 0 fully saturated rings. The smallest absolute Gasteiger partial charge is 0.330 e. The molecule has 0 saturated heterocycles. The van der Waals surface area contributed by atoms with Gasteiger partial charge in [0.15, 0.2) is 10.4 Å². The van der Waals surface area contributed by atoms with Gasteiger partial charge in [0.1, 0.15) is 0 Å². The maximum Gasteiger partial charge on any atom is 0.330 e. The Balaban J connectivity index is 1.83. The van der Waals surface area contributed by atoms with E-state index >= 15 is 0 Å². The van der Waals surface area contributed by atoms with Gasteiger partial charge < -0.3 is 15.1 Å². The Labute approximate surface area is 150 Å². The molecule has 9 nitrogen and oxygen atoms in total. The lowest BCUT2D eigenvalue weighted by Crippen LogP contribution is -2.39. The summed E-state index contributed by atoms with van der Waals surface area (Å²) in [5.74, 6) is -0.607. The fraction of sp³-hybridized carbons (Fsp3) is 0.333. The SMILES string of the molecule is Cn1c(CNC(=O)CCNC(=O)c2ccc(Br)o2)cc(=O)n(C)c1=O. The second kappa shape index (κ2) is 7.97. The normalized spacial score (nSPS) is 10.5. The van der Waals surface area contributed by atoms with Crippen LogP contribution in [0, 0.1) is 0 Å². The van der Waals surface area contributed by atoms with E-state index < -0.39 is 17.2 Å². The molecule has 0 aliphatic carbocycles. The van der Waals surface area contributed by atoms with Crippen LogP contribution in [0.3, 0.4) is 0 Å². The summed E-state index contributed by atoms with van der Waals surface area (Å²) in [6.07, 6.45) is 0.0480. The first-order valence-electron chi connectivity index (χ1n) is 7.35. The molecule has 0 radical (unpaired) electrons. The first-order valence-corrected chi connectivity index (χ1v) is 8.15. The first kappa shape index (κ1) is 18.7. The third-order valence-corrected chi connectivity index (χ3v) is 3.95. The van der Waals surface area contributed by atoms with Gasteiger partial charge in [-0.2, -0.15) is 0 Å². The van der Waals surface area contributed by atoms with E-state index in [2.05, 4.69) is 26.6 Å². The average molecular weight is 413 g/mol. The summed E-state index contributed by atoms with van der Waals surface area (Å²) >= 11 is 3.10. The average Bonchev–Trinajstić information content (AvgIpc) is 3.01. The van der Waals surface area contributed by atoms with Crippen LogP contribution in [-0.4, -0.2) is 27.5 Å². The fourth-order valence-corrected chi connectivity index (χ4v) is 2.35. The van der Waals surface area contributed by atoms with Crippen molar-refractivity contribution >= 4 is 27.7 Å². The fourth-order valence-electron chi connectivity index (χ4n) is 2.04. The zero-order valence-electron chi connectivity index (χ0n) is 13.7. The lowest BCUT2D eigenvalue weighted by atomic mass is 10.3. The van der Waals surface area contributed by atoms with Crippen molar-refractivity contribution in [3.05, 3.63) is 55.2 Å². The molecule has 0 bridgehead atoms. The molecule has 2 aromatic rings. The molecule has 2 N–H and O–H groups in total. The van der Waals surface area contributed by atoms with Crippen LogP contribution in [0.15, 0.2) is 36.9 Å². The largest absolute Gasteiger partial charge is 0.444 e. The second-order valence-electron chi connectivity index (χ2n) is 5.26. The number of rotatable bonds is 6. The van der Waals surface area contributed by atoms with Gasteiger partial charge in [-0.25, -0.2) is 4.79 Å². The van der Waals surface area contributed by atoms with E-state index in [1.54, 1.807) is 6.07 Å². The maximum absolute atomic E-state index is 11.8. The predicted molar refractivity (Wildman–Crippen MR) is 92.1 cm³/mol. The number of furan rings is 1. The summed E-state index contributed by atoms with van der Waals surface area (Å²) in [7, 11) is 2.90. The van der Waals surface area contributed by atoms with Crippen LogP contribution in [-0.2, 0) is 25.4 Å². The molecule has 0 aliphatic heterocycles. The number of hydrogen-bond acceptors (Lipinski definition) is 5. The first-order chi connectivity index (χ1) is 11.8. The summed E-state index contributed by atoms with van der Waals surface area (Å²) in [6.45, 7) is 0.165. The van der Waals surface area contributed by atoms with Crippen LogP contribution >= 0.6 is 15.9 Å². The molecule has 134 valence electrons. The van der Waals surface area contributed by atoms with Crippen molar-refractivity contribution < 1.29 is 14.0 Å². The van der Waals surface area contributed by atoms with Crippen LogP contribution in [0.5, 0.6) is 0 Å². The van der Waals surface area contributed by atoms with Gasteiger partial charge in [-0.05, 0) is 28.1 Å². The third kappa shape index (κ3) is 4.69. The van der Waals surface area contributed by atoms with Crippen LogP contribution in [0.2, 0.25) is 0 Å². The Bertz CT molecular complexity index is 911. The maximum atomic E-state index is 11.8. The number of carbonyl (C=O) groups is 2. The van der Waals surface area contributed by atoms with Crippen molar-refractivity contribution in [1.82, 2.24) is 19.8 Å². The Morgan fingerprint density at radius 1 is 1.16 bits per heavy atom. The van der Waals surface area contributed by atoms with Crippen LogP contribution < -0.4 is 21.9 Å². The molecule has 2 aromatic heterocycles.